The molecule has 28 heavy (non-hydrogen) atoms. The van der Waals surface area contributed by atoms with Crippen molar-refractivity contribution >= 4 is 11.8 Å². The molecular formula is C22H35N3O3. The van der Waals surface area contributed by atoms with E-state index in [2.05, 4.69) is 22.5 Å². The summed E-state index contributed by atoms with van der Waals surface area (Å²) in [7, 11) is 1.63. The highest BCUT2D eigenvalue weighted by Gasteiger charge is 2.29. The van der Waals surface area contributed by atoms with Crippen LogP contribution < -0.4 is 15.4 Å². The van der Waals surface area contributed by atoms with Crippen LogP contribution in [0.3, 0.4) is 0 Å². The van der Waals surface area contributed by atoms with E-state index < -0.39 is 0 Å². The SMILES string of the molecule is CCCCCNC(=O)C1CCN(C(C)C(=O)NCc2ccccc2OC)CC1. The van der Waals surface area contributed by atoms with Gasteiger partial charge >= 0.3 is 0 Å². The summed E-state index contributed by atoms with van der Waals surface area (Å²) in [4.78, 5) is 27.0. The number of piperidine rings is 1. The Morgan fingerprint density at radius 3 is 2.57 bits per heavy atom. The molecule has 1 fully saturated rings. The van der Waals surface area contributed by atoms with Crippen LogP contribution in [0.2, 0.25) is 0 Å². The molecule has 1 aliphatic heterocycles. The summed E-state index contributed by atoms with van der Waals surface area (Å²) >= 11 is 0. The summed E-state index contributed by atoms with van der Waals surface area (Å²) < 4.78 is 5.33. The highest BCUT2D eigenvalue weighted by molar-refractivity contribution is 5.81. The summed E-state index contributed by atoms with van der Waals surface area (Å²) in [6.45, 7) is 6.86. The second kappa shape index (κ2) is 11.7. The molecule has 2 amide bonds. The van der Waals surface area contributed by atoms with Crippen molar-refractivity contribution in [3.63, 3.8) is 0 Å². The number of rotatable bonds is 10. The van der Waals surface area contributed by atoms with Crippen molar-refractivity contribution < 1.29 is 14.3 Å². The minimum absolute atomic E-state index is 0.00775. The van der Waals surface area contributed by atoms with Crippen LogP contribution in [0.15, 0.2) is 24.3 Å². The van der Waals surface area contributed by atoms with Gasteiger partial charge in [0.25, 0.3) is 0 Å². The third-order valence-corrected chi connectivity index (χ3v) is 5.55. The molecule has 1 atom stereocenters. The second-order valence-electron chi connectivity index (χ2n) is 7.51. The molecule has 2 rings (SSSR count). The topological polar surface area (TPSA) is 70.7 Å². The molecule has 1 aromatic carbocycles. The van der Waals surface area contributed by atoms with Crippen molar-refractivity contribution in [3.8, 4) is 5.75 Å². The number of likely N-dealkylation sites (tertiary alicyclic amines) is 1. The highest BCUT2D eigenvalue weighted by Crippen LogP contribution is 2.20. The van der Waals surface area contributed by atoms with Crippen molar-refractivity contribution in [1.29, 1.82) is 0 Å². The van der Waals surface area contributed by atoms with E-state index in [1.807, 2.05) is 31.2 Å². The van der Waals surface area contributed by atoms with Gasteiger partial charge in [-0.1, -0.05) is 38.0 Å². The Morgan fingerprint density at radius 1 is 1.18 bits per heavy atom. The molecule has 0 saturated carbocycles. The fourth-order valence-corrected chi connectivity index (χ4v) is 3.62. The first-order chi connectivity index (χ1) is 13.6. The number of carbonyl (C=O) groups excluding carboxylic acids is 2. The van der Waals surface area contributed by atoms with Crippen LogP contribution in [-0.4, -0.2) is 49.5 Å². The lowest BCUT2D eigenvalue weighted by Crippen LogP contribution is -2.49. The van der Waals surface area contributed by atoms with E-state index in [4.69, 9.17) is 4.74 Å². The Hall–Kier alpha value is -2.08. The van der Waals surface area contributed by atoms with Crippen LogP contribution in [0.4, 0.5) is 0 Å². The normalized spacial score (nSPS) is 16.4. The van der Waals surface area contributed by atoms with Crippen molar-refractivity contribution in [2.75, 3.05) is 26.7 Å². The predicted molar refractivity (Wildman–Crippen MR) is 111 cm³/mol. The van der Waals surface area contributed by atoms with Gasteiger partial charge in [0.1, 0.15) is 5.75 Å². The molecule has 0 aliphatic carbocycles. The monoisotopic (exact) mass is 389 g/mol. The highest BCUT2D eigenvalue weighted by atomic mass is 16.5. The number of unbranched alkanes of at least 4 members (excludes halogenated alkanes) is 2. The maximum atomic E-state index is 12.6. The predicted octanol–water partition coefficient (Wildman–Crippen LogP) is 2.72. The fraction of sp³-hybridized carbons (Fsp3) is 0.636. The Morgan fingerprint density at radius 2 is 1.89 bits per heavy atom. The quantitative estimate of drug-likeness (QED) is 0.604. The average molecular weight is 390 g/mol. The molecule has 6 nitrogen and oxygen atoms in total. The minimum Gasteiger partial charge on any atom is -0.496 e. The number of methoxy groups -OCH3 is 1. The summed E-state index contributed by atoms with van der Waals surface area (Å²) in [6, 6.07) is 7.49. The molecule has 0 spiro atoms. The van der Waals surface area contributed by atoms with E-state index >= 15 is 0 Å². The zero-order chi connectivity index (χ0) is 20.4. The first-order valence-electron chi connectivity index (χ1n) is 10.5. The van der Waals surface area contributed by atoms with Gasteiger partial charge in [-0.05, 0) is 45.3 Å². The van der Waals surface area contributed by atoms with Crippen LogP contribution >= 0.6 is 0 Å². The molecule has 1 unspecified atom stereocenters. The first-order valence-corrected chi connectivity index (χ1v) is 10.5. The van der Waals surface area contributed by atoms with Gasteiger partial charge in [0, 0.05) is 24.6 Å². The van der Waals surface area contributed by atoms with Crippen LogP contribution in [0.5, 0.6) is 5.75 Å². The lowest BCUT2D eigenvalue weighted by atomic mass is 9.95. The van der Waals surface area contributed by atoms with E-state index in [1.54, 1.807) is 7.11 Å². The Bertz CT molecular complexity index is 627. The van der Waals surface area contributed by atoms with Crippen LogP contribution in [-0.2, 0) is 16.1 Å². The third kappa shape index (κ3) is 6.51. The number of ether oxygens (including phenoxy) is 1. The number of amides is 2. The zero-order valence-electron chi connectivity index (χ0n) is 17.5. The minimum atomic E-state index is -0.205. The van der Waals surface area contributed by atoms with E-state index in [0.29, 0.717) is 6.54 Å². The Kier molecular flexibility index (Phi) is 9.28. The van der Waals surface area contributed by atoms with Crippen molar-refractivity contribution in [2.24, 2.45) is 5.92 Å². The summed E-state index contributed by atoms with van der Waals surface area (Å²) in [5, 5.41) is 6.06. The van der Waals surface area contributed by atoms with Gasteiger partial charge in [0.15, 0.2) is 0 Å². The molecule has 1 aromatic rings. The van der Waals surface area contributed by atoms with Crippen LogP contribution in [0, 0.1) is 5.92 Å². The smallest absolute Gasteiger partial charge is 0.237 e. The van der Waals surface area contributed by atoms with E-state index in [0.717, 1.165) is 63.1 Å². The molecule has 156 valence electrons. The number of nitrogens with zero attached hydrogens (tertiary/aromatic N) is 1. The molecule has 2 N–H and O–H groups in total. The van der Waals surface area contributed by atoms with E-state index in [-0.39, 0.29) is 23.8 Å². The molecule has 1 aliphatic rings. The van der Waals surface area contributed by atoms with Gasteiger partial charge in [0.2, 0.25) is 11.8 Å². The molecular weight excluding hydrogens is 354 g/mol. The fourth-order valence-electron chi connectivity index (χ4n) is 3.62. The Balaban J connectivity index is 1.74. The maximum Gasteiger partial charge on any atom is 0.237 e. The molecule has 1 saturated heterocycles. The lowest BCUT2D eigenvalue weighted by Gasteiger charge is -2.34. The number of carbonyl (C=O) groups is 2. The largest absolute Gasteiger partial charge is 0.496 e. The maximum absolute atomic E-state index is 12.6. The second-order valence-corrected chi connectivity index (χ2v) is 7.51. The number of hydrogen-bond donors (Lipinski definition) is 2. The summed E-state index contributed by atoms with van der Waals surface area (Å²) in [5.41, 5.74) is 0.962. The zero-order valence-corrected chi connectivity index (χ0v) is 17.5. The van der Waals surface area contributed by atoms with Crippen molar-refractivity contribution in [1.82, 2.24) is 15.5 Å². The summed E-state index contributed by atoms with van der Waals surface area (Å²) in [5.74, 6) is 1.03. The van der Waals surface area contributed by atoms with Gasteiger partial charge in [-0.3, -0.25) is 14.5 Å². The van der Waals surface area contributed by atoms with Gasteiger partial charge < -0.3 is 15.4 Å². The van der Waals surface area contributed by atoms with Crippen molar-refractivity contribution in [2.45, 2.75) is 58.5 Å². The van der Waals surface area contributed by atoms with E-state index in [1.165, 1.54) is 0 Å². The van der Waals surface area contributed by atoms with Gasteiger partial charge in [-0.15, -0.1) is 0 Å². The first kappa shape index (κ1) is 22.2. The molecule has 6 heteroatoms. The third-order valence-electron chi connectivity index (χ3n) is 5.55. The molecule has 1 heterocycles. The number of hydrogen-bond acceptors (Lipinski definition) is 4. The van der Waals surface area contributed by atoms with Crippen molar-refractivity contribution in [3.05, 3.63) is 29.8 Å². The lowest BCUT2D eigenvalue weighted by molar-refractivity contribution is -0.128. The summed E-state index contributed by atoms with van der Waals surface area (Å²) in [6.07, 6.45) is 4.98. The van der Waals surface area contributed by atoms with Gasteiger partial charge in [-0.2, -0.15) is 0 Å². The van der Waals surface area contributed by atoms with Crippen LogP contribution in [0.1, 0.15) is 51.5 Å². The number of nitrogens with one attached hydrogen (secondary N) is 2. The van der Waals surface area contributed by atoms with Crippen LogP contribution in [0.25, 0.3) is 0 Å². The molecule has 0 bridgehead atoms. The molecule has 0 aromatic heterocycles. The number of para-hydroxylation sites is 1. The molecule has 0 radical (unpaired) electrons. The average Bonchev–Trinajstić information content (AvgIpc) is 2.74. The van der Waals surface area contributed by atoms with Gasteiger partial charge in [0.05, 0.1) is 13.2 Å². The standard InChI is InChI=1S/C22H35N3O3/c1-4-5-8-13-23-22(27)18-11-14-25(15-12-18)17(2)21(26)24-16-19-9-6-7-10-20(19)28-3/h6-7,9-10,17-18H,4-5,8,11-16H2,1-3H3,(H,23,27)(H,24,26). The van der Waals surface area contributed by atoms with Gasteiger partial charge in [-0.25, -0.2) is 0 Å². The number of benzene rings is 1. The Labute approximate surface area is 169 Å². The van der Waals surface area contributed by atoms with E-state index in [9.17, 15) is 9.59 Å².